The molecule has 2 unspecified atom stereocenters. The average Bonchev–Trinajstić information content (AvgIpc) is 3.34. The molecule has 6 heteroatoms. The van der Waals surface area contributed by atoms with Gasteiger partial charge in [-0.2, -0.15) is 0 Å². The van der Waals surface area contributed by atoms with Crippen LogP contribution in [0.2, 0.25) is 0 Å². The van der Waals surface area contributed by atoms with Gasteiger partial charge < -0.3 is 0 Å². The maximum atomic E-state index is 5.14. The van der Waals surface area contributed by atoms with Crippen molar-refractivity contribution in [2.45, 2.75) is 58.9 Å². The van der Waals surface area contributed by atoms with Gasteiger partial charge in [0.25, 0.3) is 0 Å². The van der Waals surface area contributed by atoms with E-state index in [1.807, 2.05) is 31.2 Å². The van der Waals surface area contributed by atoms with E-state index in [9.17, 15) is 0 Å². The van der Waals surface area contributed by atoms with Crippen molar-refractivity contribution in [2.75, 3.05) is 6.54 Å². The largest absolute Gasteiger partial charge is 0.280 e. The molecule has 3 aromatic carbocycles. The Morgan fingerprint density at radius 1 is 0.754 bits per heavy atom. The van der Waals surface area contributed by atoms with Crippen LogP contribution in [0.3, 0.4) is 0 Å². The molecule has 1 aliphatic heterocycles. The monoisotopic (exact) mass is 848 g/mol. The number of aliphatic imine (C=N–C) groups is 4. The first kappa shape index (κ1) is 44.2. The van der Waals surface area contributed by atoms with Crippen LogP contribution in [-0.4, -0.2) is 46.7 Å². The summed E-state index contributed by atoms with van der Waals surface area (Å²) >= 11 is 0. The van der Waals surface area contributed by atoms with Gasteiger partial charge in [0.05, 0.1) is 28.7 Å². The Balaban J connectivity index is 1.06. The third-order valence-electron chi connectivity index (χ3n) is 12.1. The first-order valence-corrected chi connectivity index (χ1v) is 22.6. The normalized spacial score (nSPS) is 18.9. The number of rotatable bonds is 11. The Kier molecular flexibility index (Phi) is 14.2. The molecule has 0 fully saturated rings. The summed E-state index contributed by atoms with van der Waals surface area (Å²) in [7, 11) is 0. The predicted molar refractivity (Wildman–Crippen MR) is 278 cm³/mol. The number of fused-ring (bicyclic) bond motifs is 3. The molecule has 6 nitrogen and oxygen atoms in total. The number of allylic oxidation sites excluding steroid dienone is 11. The van der Waals surface area contributed by atoms with Gasteiger partial charge in [0.15, 0.2) is 11.7 Å². The van der Waals surface area contributed by atoms with Crippen LogP contribution in [0, 0.1) is 5.92 Å². The highest BCUT2D eigenvalue weighted by Gasteiger charge is 2.24. The lowest BCUT2D eigenvalue weighted by Crippen LogP contribution is -2.24. The first-order valence-electron chi connectivity index (χ1n) is 22.6. The molecule has 2 atom stereocenters. The summed E-state index contributed by atoms with van der Waals surface area (Å²) in [5.41, 5.74) is 13.6. The van der Waals surface area contributed by atoms with Gasteiger partial charge in [-0.1, -0.05) is 170 Å². The van der Waals surface area contributed by atoms with Gasteiger partial charge in [0.2, 0.25) is 0 Å². The summed E-state index contributed by atoms with van der Waals surface area (Å²) in [6.45, 7) is 19.1. The van der Waals surface area contributed by atoms with Gasteiger partial charge in [-0.3, -0.25) is 15.0 Å². The number of aryl methyl sites for hydroxylation is 1. The van der Waals surface area contributed by atoms with E-state index in [1.165, 1.54) is 11.1 Å². The van der Waals surface area contributed by atoms with Crippen molar-refractivity contribution < 1.29 is 0 Å². The molecule has 0 saturated heterocycles. The molecule has 5 aromatic rings. The topological polar surface area (TPSA) is 75.2 Å². The molecule has 2 aliphatic carbocycles. The van der Waals surface area contributed by atoms with Gasteiger partial charge >= 0.3 is 0 Å². The summed E-state index contributed by atoms with van der Waals surface area (Å²) in [4.78, 5) is 29.9. The van der Waals surface area contributed by atoms with E-state index >= 15 is 0 Å². The number of benzene rings is 3. The van der Waals surface area contributed by atoms with Crippen molar-refractivity contribution >= 4 is 47.7 Å². The van der Waals surface area contributed by atoms with Crippen molar-refractivity contribution in [1.29, 1.82) is 0 Å². The SMILES string of the molecule is C=N/C(=N\C(=N/CC/C=C\C(=C/C)C1=NC2CC(=C)C=CC2C=C1)c1ccc(-c2ccc3c(n2)C/C(=C\C=C/C)CC3)cc1)c1ccc(-c2ccc3cc/c(=C/C=C\C)c(=C)c3n2)cc1. The number of dihydropyridines is 1. The van der Waals surface area contributed by atoms with E-state index in [-0.39, 0.29) is 6.04 Å². The van der Waals surface area contributed by atoms with E-state index in [4.69, 9.17) is 24.9 Å². The summed E-state index contributed by atoms with van der Waals surface area (Å²) < 4.78 is 0. The minimum atomic E-state index is 0.204. The molecule has 3 heterocycles. The van der Waals surface area contributed by atoms with Crippen LogP contribution in [0.25, 0.3) is 46.1 Å². The van der Waals surface area contributed by atoms with Gasteiger partial charge in [0, 0.05) is 57.4 Å². The maximum absolute atomic E-state index is 5.14. The molecule has 3 aliphatic rings. The third kappa shape index (κ3) is 10.5. The first-order chi connectivity index (χ1) is 31.8. The third-order valence-corrected chi connectivity index (χ3v) is 12.1. The highest BCUT2D eigenvalue weighted by molar-refractivity contribution is 6.13. The minimum absolute atomic E-state index is 0.204. The number of pyridine rings is 2. The van der Waals surface area contributed by atoms with Crippen molar-refractivity contribution in [2.24, 2.45) is 25.9 Å². The van der Waals surface area contributed by atoms with Gasteiger partial charge in [-0.05, 0) is 87.7 Å². The number of hydrogen-bond donors (Lipinski definition) is 0. The number of aromatic nitrogens is 2. The zero-order valence-electron chi connectivity index (χ0n) is 37.8. The Morgan fingerprint density at radius 3 is 2.18 bits per heavy atom. The highest BCUT2D eigenvalue weighted by atomic mass is 15.0. The van der Waals surface area contributed by atoms with Crippen LogP contribution >= 0.6 is 0 Å². The Bertz CT molecular complexity index is 3050. The van der Waals surface area contributed by atoms with Crippen molar-refractivity contribution in [3.8, 4) is 22.5 Å². The molecule has 8 rings (SSSR count). The fourth-order valence-electron chi connectivity index (χ4n) is 8.44. The number of amidine groups is 2. The zero-order valence-corrected chi connectivity index (χ0v) is 37.8. The lowest BCUT2D eigenvalue weighted by Gasteiger charge is -2.27. The minimum Gasteiger partial charge on any atom is -0.280 e. The van der Waals surface area contributed by atoms with E-state index in [2.05, 4.69) is 178 Å². The second kappa shape index (κ2) is 20.8. The second-order valence-corrected chi connectivity index (χ2v) is 16.6. The second-order valence-electron chi connectivity index (χ2n) is 16.6. The standard InChI is InChI=1S/C59H56N6/c1-7-10-14-42-18-20-48-32-35-53(63-56(48)39-42)45-24-29-51(30-25-45)59(61-37-13-12-16-43(9-3)52-34-31-47-19-17-40(4)38-55(47)62-52)65-58(60-6)50-27-22-46(23-28-50)54-36-33-49-26-21-44(15-11-8-2)41(5)57(49)64-54/h7-12,14-17,19,21-36,47,55H,4-6,13,18,20,37-39H2,1-3H3/b10-7-,11-8-,16-12-,42-14-,43-9+,44-15-,61-59-,65-58-. The van der Waals surface area contributed by atoms with Gasteiger partial charge in [-0.25, -0.2) is 15.0 Å². The lowest BCUT2D eigenvalue weighted by molar-refractivity contribution is 0.565. The fourth-order valence-corrected chi connectivity index (χ4v) is 8.44. The average molecular weight is 849 g/mol. The molecule has 65 heavy (non-hydrogen) atoms. The molecule has 0 amide bonds. The molecular weight excluding hydrogens is 793 g/mol. The van der Waals surface area contributed by atoms with Crippen LogP contribution in [0.1, 0.15) is 62.4 Å². The van der Waals surface area contributed by atoms with Crippen LogP contribution in [0.5, 0.6) is 0 Å². The molecule has 0 N–H and O–H groups in total. The molecular formula is C59H56N6. The zero-order chi connectivity index (χ0) is 45.1. The summed E-state index contributed by atoms with van der Waals surface area (Å²) in [5.74, 6) is 1.40. The van der Waals surface area contributed by atoms with Gasteiger partial charge in [-0.15, -0.1) is 0 Å². The molecule has 322 valence electrons. The van der Waals surface area contributed by atoms with Crippen LogP contribution in [0.15, 0.2) is 201 Å². The smallest absolute Gasteiger partial charge is 0.161 e. The van der Waals surface area contributed by atoms with Crippen LogP contribution < -0.4 is 10.4 Å². The van der Waals surface area contributed by atoms with E-state index in [0.29, 0.717) is 30.6 Å². The van der Waals surface area contributed by atoms with E-state index in [0.717, 1.165) is 103 Å². The van der Waals surface area contributed by atoms with Crippen molar-refractivity contribution in [1.82, 2.24) is 9.97 Å². The summed E-state index contributed by atoms with van der Waals surface area (Å²) in [6.07, 6.45) is 32.3. The predicted octanol–water partition coefficient (Wildman–Crippen LogP) is 12.0. The quantitative estimate of drug-likeness (QED) is 0.0575. The Hall–Kier alpha value is -7.44. The van der Waals surface area contributed by atoms with Crippen molar-refractivity contribution in [3.63, 3.8) is 0 Å². The fraction of sp³-hybridized carbons (Fsp3) is 0.186. The van der Waals surface area contributed by atoms with E-state index < -0.39 is 0 Å². The lowest BCUT2D eigenvalue weighted by atomic mass is 9.85. The van der Waals surface area contributed by atoms with Crippen LogP contribution in [0.4, 0.5) is 0 Å². The Labute approximate surface area is 383 Å². The molecule has 0 spiro atoms. The number of hydrogen-bond acceptors (Lipinski definition) is 4. The highest BCUT2D eigenvalue weighted by Crippen LogP contribution is 2.30. The molecule has 2 aromatic heterocycles. The number of nitrogens with zero attached hydrogens (tertiary/aromatic N) is 6. The van der Waals surface area contributed by atoms with E-state index in [1.54, 1.807) is 0 Å². The van der Waals surface area contributed by atoms with Gasteiger partial charge in [0.1, 0.15) is 0 Å². The van der Waals surface area contributed by atoms with Crippen molar-refractivity contribution in [3.05, 3.63) is 214 Å². The molecule has 0 bridgehead atoms. The maximum Gasteiger partial charge on any atom is 0.161 e. The Morgan fingerprint density at radius 2 is 1.45 bits per heavy atom. The summed E-state index contributed by atoms with van der Waals surface area (Å²) in [5, 5.41) is 3.01. The van der Waals surface area contributed by atoms with Crippen LogP contribution in [-0.2, 0) is 12.8 Å². The molecule has 0 saturated carbocycles. The summed E-state index contributed by atoms with van der Waals surface area (Å²) in [6, 6.07) is 29.4. The molecule has 0 radical (unpaired) electrons.